The standard InChI is InChI=1S/C26H34ClN3O.ClH/c27-23-12-5-6-14-25(23)30-19-17-29(18-20-30)16-7-1-2-15-26(31)28-24-13-8-10-21-9-3-4-11-22(21)24;/h3-6,9,11-12,14,24H,1-2,7-8,10,13,15-20H2,(H,28,31);1H. The molecule has 174 valence electrons. The van der Waals surface area contributed by atoms with Crippen LogP contribution in [0.1, 0.15) is 55.7 Å². The minimum Gasteiger partial charge on any atom is -0.368 e. The summed E-state index contributed by atoms with van der Waals surface area (Å²) in [6.45, 7) is 5.32. The zero-order valence-electron chi connectivity index (χ0n) is 18.8. The minimum absolute atomic E-state index is 0. The molecule has 2 aromatic rings. The number of rotatable bonds is 8. The number of para-hydroxylation sites is 1. The summed E-state index contributed by atoms with van der Waals surface area (Å²) < 4.78 is 0. The van der Waals surface area contributed by atoms with E-state index in [0.717, 1.165) is 82.0 Å². The molecule has 4 nitrogen and oxygen atoms in total. The van der Waals surface area contributed by atoms with E-state index in [9.17, 15) is 4.79 Å². The fourth-order valence-corrected chi connectivity index (χ4v) is 5.14. The maximum absolute atomic E-state index is 12.4. The highest BCUT2D eigenvalue weighted by Crippen LogP contribution is 2.29. The summed E-state index contributed by atoms with van der Waals surface area (Å²) in [5.74, 6) is 0.204. The van der Waals surface area contributed by atoms with Crippen molar-refractivity contribution in [2.75, 3.05) is 37.6 Å². The van der Waals surface area contributed by atoms with Gasteiger partial charge in [0.15, 0.2) is 0 Å². The van der Waals surface area contributed by atoms with E-state index in [2.05, 4.69) is 51.5 Å². The van der Waals surface area contributed by atoms with Gasteiger partial charge in [0.25, 0.3) is 0 Å². The molecular weight excluding hydrogens is 441 g/mol. The molecule has 1 heterocycles. The number of anilines is 1. The molecule has 1 N–H and O–H groups in total. The predicted octanol–water partition coefficient (Wildman–Crippen LogP) is 5.64. The number of nitrogens with zero attached hydrogens (tertiary/aromatic N) is 2. The van der Waals surface area contributed by atoms with Crippen molar-refractivity contribution in [3.05, 3.63) is 64.7 Å². The molecule has 6 heteroatoms. The van der Waals surface area contributed by atoms with Crippen LogP contribution in [0.25, 0.3) is 0 Å². The van der Waals surface area contributed by atoms with Crippen molar-refractivity contribution in [3.8, 4) is 0 Å². The second-order valence-electron chi connectivity index (χ2n) is 8.80. The lowest BCUT2D eigenvalue weighted by Crippen LogP contribution is -2.46. The SMILES string of the molecule is Cl.O=C(CCCCCN1CCN(c2ccccc2Cl)CC1)NC1CCCc2ccccc21. The van der Waals surface area contributed by atoms with E-state index in [1.165, 1.54) is 11.1 Å². The molecule has 1 amide bonds. The smallest absolute Gasteiger partial charge is 0.220 e. The number of piperazine rings is 1. The quantitative estimate of drug-likeness (QED) is 0.501. The number of amides is 1. The highest BCUT2D eigenvalue weighted by molar-refractivity contribution is 6.33. The minimum atomic E-state index is 0. The Morgan fingerprint density at radius 2 is 1.72 bits per heavy atom. The molecular formula is C26H35Cl2N3O. The summed E-state index contributed by atoms with van der Waals surface area (Å²) in [6.07, 6.45) is 7.23. The molecule has 1 aliphatic heterocycles. The van der Waals surface area contributed by atoms with Gasteiger partial charge in [0.1, 0.15) is 0 Å². The van der Waals surface area contributed by atoms with Crippen LogP contribution in [-0.2, 0) is 11.2 Å². The topological polar surface area (TPSA) is 35.6 Å². The van der Waals surface area contributed by atoms with Gasteiger partial charge >= 0.3 is 0 Å². The van der Waals surface area contributed by atoms with Gasteiger partial charge in [0.2, 0.25) is 5.91 Å². The Bertz CT molecular complexity index is 868. The maximum atomic E-state index is 12.4. The molecule has 1 atom stereocenters. The summed E-state index contributed by atoms with van der Waals surface area (Å²) in [5.41, 5.74) is 3.86. The van der Waals surface area contributed by atoms with Gasteiger partial charge in [-0.15, -0.1) is 12.4 Å². The first kappa shape index (κ1) is 24.9. The van der Waals surface area contributed by atoms with Crippen LogP contribution in [0.5, 0.6) is 0 Å². The van der Waals surface area contributed by atoms with Crippen molar-refractivity contribution in [1.29, 1.82) is 0 Å². The molecule has 2 aromatic carbocycles. The van der Waals surface area contributed by atoms with Crippen LogP contribution in [0, 0.1) is 0 Å². The van der Waals surface area contributed by atoms with E-state index in [0.29, 0.717) is 6.42 Å². The fraction of sp³-hybridized carbons (Fsp3) is 0.500. The Labute approximate surface area is 203 Å². The van der Waals surface area contributed by atoms with E-state index in [4.69, 9.17) is 11.6 Å². The van der Waals surface area contributed by atoms with E-state index in [1.54, 1.807) is 0 Å². The number of halogens is 2. The van der Waals surface area contributed by atoms with Gasteiger partial charge in [-0.25, -0.2) is 0 Å². The van der Waals surface area contributed by atoms with Crippen molar-refractivity contribution < 1.29 is 4.79 Å². The number of nitrogens with one attached hydrogen (secondary N) is 1. The van der Waals surface area contributed by atoms with Gasteiger partial charge in [-0.1, -0.05) is 54.4 Å². The third kappa shape index (κ3) is 6.63. The van der Waals surface area contributed by atoms with Gasteiger partial charge in [0, 0.05) is 32.6 Å². The Kier molecular flexibility index (Phi) is 9.70. The lowest BCUT2D eigenvalue weighted by Gasteiger charge is -2.36. The van der Waals surface area contributed by atoms with Crippen LogP contribution >= 0.6 is 24.0 Å². The van der Waals surface area contributed by atoms with Crippen molar-refractivity contribution in [3.63, 3.8) is 0 Å². The third-order valence-corrected chi connectivity index (χ3v) is 6.97. The van der Waals surface area contributed by atoms with E-state index in [1.807, 2.05) is 12.1 Å². The fourth-order valence-electron chi connectivity index (χ4n) is 4.89. The highest BCUT2D eigenvalue weighted by Gasteiger charge is 2.21. The molecule has 1 aliphatic carbocycles. The van der Waals surface area contributed by atoms with E-state index >= 15 is 0 Å². The number of carbonyl (C=O) groups is 1. The van der Waals surface area contributed by atoms with Gasteiger partial charge in [-0.05, 0) is 61.9 Å². The monoisotopic (exact) mass is 475 g/mol. The molecule has 0 saturated carbocycles. The number of aryl methyl sites for hydroxylation is 1. The lowest BCUT2D eigenvalue weighted by molar-refractivity contribution is -0.122. The summed E-state index contributed by atoms with van der Waals surface area (Å²) in [5, 5.41) is 4.11. The van der Waals surface area contributed by atoms with Gasteiger partial charge in [-0.3, -0.25) is 9.69 Å². The van der Waals surface area contributed by atoms with Crippen molar-refractivity contribution in [1.82, 2.24) is 10.2 Å². The number of hydrogen-bond donors (Lipinski definition) is 1. The van der Waals surface area contributed by atoms with Crippen LogP contribution in [0.2, 0.25) is 5.02 Å². The number of unbranched alkanes of at least 4 members (excludes halogenated alkanes) is 2. The van der Waals surface area contributed by atoms with Gasteiger partial charge < -0.3 is 10.2 Å². The predicted molar refractivity (Wildman–Crippen MR) is 136 cm³/mol. The van der Waals surface area contributed by atoms with Crippen LogP contribution in [0.15, 0.2) is 48.5 Å². The van der Waals surface area contributed by atoms with Gasteiger partial charge in [0.05, 0.1) is 16.8 Å². The first-order valence-corrected chi connectivity index (χ1v) is 12.2. The van der Waals surface area contributed by atoms with Gasteiger partial charge in [-0.2, -0.15) is 0 Å². The van der Waals surface area contributed by atoms with Crippen molar-refractivity contribution in [2.45, 2.75) is 51.0 Å². The molecule has 2 aliphatic rings. The average molecular weight is 476 g/mol. The molecule has 1 saturated heterocycles. The second kappa shape index (κ2) is 12.5. The van der Waals surface area contributed by atoms with Crippen molar-refractivity contribution >= 4 is 35.6 Å². The number of carbonyl (C=O) groups excluding carboxylic acids is 1. The van der Waals surface area contributed by atoms with Crippen LogP contribution in [0.4, 0.5) is 5.69 Å². The highest BCUT2D eigenvalue weighted by atomic mass is 35.5. The zero-order valence-corrected chi connectivity index (χ0v) is 20.3. The molecule has 1 fully saturated rings. The van der Waals surface area contributed by atoms with Crippen LogP contribution in [0.3, 0.4) is 0 Å². The first-order valence-electron chi connectivity index (χ1n) is 11.8. The molecule has 0 spiro atoms. The van der Waals surface area contributed by atoms with Crippen molar-refractivity contribution in [2.24, 2.45) is 0 Å². The Balaban J connectivity index is 0.00000289. The number of fused-ring (bicyclic) bond motifs is 1. The van der Waals surface area contributed by atoms with E-state index in [-0.39, 0.29) is 24.4 Å². The summed E-state index contributed by atoms with van der Waals surface area (Å²) in [6, 6.07) is 16.9. The summed E-state index contributed by atoms with van der Waals surface area (Å²) in [7, 11) is 0. The van der Waals surface area contributed by atoms with Crippen LogP contribution in [-0.4, -0.2) is 43.5 Å². The average Bonchev–Trinajstić information content (AvgIpc) is 2.80. The Morgan fingerprint density at radius 1 is 0.969 bits per heavy atom. The summed E-state index contributed by atoms with van der Waals surface area (Å²) in [4.78, 5) is 17.4. The van der Waals surface area contributed by atoms with E-state index < -0.39 is 0 Å². The second-order valence-corrected chi connectivity index (χ2v) is 9.21. The van der Waals surface area contributed by atoms with Crippen LogP contribution < -0.4 is 10.2 Å². The largest absolute Gasteiger partial charge is 0.368 e. The maximum Gasteiger partial charge on any atom is 0.220 e. The molecule has 0 radical (unpaired) electrons. The first-order chi connectivity index (χ1) is 15.2. The summed E-state index contributed by atoms with van der Waals surface area (Å²) >= 11 is 6.34. The Hall–Kier alpha value is -1.75. The molecule has 32 heavy (non-hydrogen) atoms. The zero-order chi connectivity index (χ0) is 21.5. The molecule has 4 rings (SSSR count). The Morgan fingerprint density at radius 3 is 2.53 bits per heavy atom. The third-order valence-electron chi connectivity index (χ3n) is 6.65. The normalized spacial score (nSPS) is 18.5. The lowest BCUT2D eigenvalue weighted by atomic mass is 9.87. The number of benzene rings is 2. The molecule has 0 aromatic heterocycles. The molecule has 0 bridgehead atoms. The molecule has 1 unspecified atom stereocenters. The number of hydrogen-bond acceptors (Lipinski definition) is 3.